The van der Waals surface area contributed by atoms with Crippen molar-refractivity contribution in [1.82, 2.24) is 0 Å². The molecule has 0 aliphatic heterocycles. The molecule has 1 aromatic rings. The summed E-state index contributed by atoms with van der Waals surface area (Å²) in [4.78, 5) is 44.9. The number of amides is 2. The van der Waals surface area contributed by atoms with Crippen LogP contribution >= 0.6 is 0 Å². The molecule has 0 saturated heterocycles. The molecular formula is C14H12N2O4. The topological polar surface area (TPSA) is 120 Å². The van der Waals surface area contributed by atoms with Crippen molar-refractivity contribution in [3.05, 3.63) is 59.7 Å². The van der Waals surface area contributed by atoms with Gasteiger partial charge in [-0.15, -0.1) is 0 Å². The van der Waals surface area contributed by atoms with E-state index in [-0.39, 0.29) is 11.1 Å². The first-order chi connectivity index (χ1) is 9.41. The van der Waals surface area contributed by atoms with Crippen molar-refractivity contribution in [3.8, 4) is 0 Å². The number of rotatable bonds is 6. The van der Waals surface area contributed by atoms with Crippen LogP contribution in [-0.4, -0.2) is 23.4 Å². The maximum atomic E-state index is 11.9. The number of carbonyl (C=O) groups excluding carboxylic acids is 4. The largest absolute Gasteiger partial charge is 0.366 e. The van der Waals surface area contributed by atoms with Crippen molar-refractivity contribution >= 4 is 23.4 Å². The Morgan fingerprint density at radius 2 is 1.05 bits per heavy atom. The third kappa shape index (κ3) is 4.34. The predicted octanol–water partition coefficient (Wildman–Crippen LogP) is 0.135. The predicted molar refractivity (Wildman–Crippen MR) is 71.8 cm³/mol. The van der Waals surface area contributed by atoms with Gasteiger partial charge in [-0.3, -0.25) is 19.2 Å². The number of allylic oxidation sites excluding steroid dienone is 2. The molecule has 0 aliphatic carbocycles. The molecule has 0 heterocycles. The summed E-state index contributed by atoms with van der Waals surface area (Å²) in [6.07, 6.45) is 3.77. The van der Waals surface area contributed by atoms with Gasteiger partial charge in [-0.25, -0.2) is 0 Å². The van der Waals surface area contributed by atoms with Gasteiger partial charge in [-0.05, 0) is 12.2 Å². The van der Waals surface area contributed by atoms with E-state index >= 15 is 0 Å². The quantitative estimate of drug-likeness (QED) is 0.565. The fourth-order valence-corrected chi connectivity index (χ4v) is 1.41. The maximum Gasteiger partial charge on any atom is 0.241 e. The first kappa shape index (κ1) is 15.0. The summed E-state index contributed by atoms with van der Waals surface area (Å²) in [5, 5.41) is 0. The Kier molecular flexibility index (Phi) is 5.11. The zero-order valence-corrected chi connectivity index (χ0v) is 10.4. The fraction of sp³-hybridized carbons (Fsp3) is 0. The van der Waals surface area contributed by atoms with E-state index in [0.29, 0.717) is 0 Å². The molecule has 6 heteroatoms. The standard InChI is InChI=1S/C14H12N2O4/c15-13(19)7-5-11(17)9-3-1-2-4-10(9)12(18)6-8-14(16)20/h1-8H,(H2,15,19)(H2,16,20)/b7-5-,8-6-. The number of nitrogens with two attached hydrogens (primary N) is 2. The van der Waals surface area contributed by atoms with E-state index in [1.54, 1.807) is 12.1 Å². The van der Waals surface area contributed by atoms with Crippen LogP contribution in [0, 0.1) is 0 Å². The van der Waals surface area contributed by atoms with Crippen molar-refractivity contribution in [2.24, 2.45) is 11.5 Å². The molecule has 102 valence electrons. The molecule has 0 aliphatic rings. The minimum absolute atomic E-state index is 0.101. The lowest BCUT2D eigenvalue weighted by atomic mass is 9.99. The van der Waals surface area contributed by atoms with Gasteiger partial charge in [-0.1, -0.05) is 24.3 Å². The monoisotopic (exact) mass is 272 g/mol. The van der Waals surface area contributed by atoms with Crippen LogP contribution in [0.25, 0.3) is 0 Å². The molecule has 0 aromatic heterocycles. The van der Waals surface area contributed by atoms with Gasteiger partial charge in [0.05, 0.1) is 0 Å². The zero-order chi connectivity index (χ0) is 15.1. The van der Waals surface area contributed by atoms with E-state index in [2.05, 4.69) is 0 Å². The van der Waals surface area contributed by atoms with Crippen LogP contribution in [0.3, 0.4) is 0 Å². The van der Waals surface area contributed by atoms with Crippen LogP contribution in [0.2, 0.25) is 0 Å². The van der Waals surface area contributed by atoms with Crippen molar-refractivity contribution in [2.75, 3.05) is 0 Å². The van der Waals surface area contributed by atoms with Crippen LogP contribution < -0.4 is 11.5 Å². The lowest BCUT2D eigenvalue weighted by Gasteiger charge is -2.02. The highest BCUT2D eigenvalue weighted by atomic mass is 16.2. The van der Waals surface area contributed by atoms with Crippen molar-refractivity contribution < 1.29 is 19.2 Å². The Labute approximate surface area is 114 Å². The van der Waals surface area contributed by atoms with Crippen molar-refractivity contribution in [2.45, 2.75) is 0 Å². The number of primary amides is 2. The van der Waals surface area contributed by atoms with Crippen LogP contribution in [-0.2, 0) is 9.59 Å². The summed E-state index contributed by atoms with van der Waals surface area (Å²) in [5.74, 6) is -2.62. The Morgan fingerprint density at radius 1 is 0.700 bits per heavy atom. The third-order valence-corrected chi connectivity index (χ3v) is 2.26. The SMILES string of the molecule is NC(=O)/C=C\C(=O)c1ccccc1C(=O)/C=C\C(N)=O. The summed E-state index contributed by atoms with van der Waals surface area (Å²) in [6.45, 7) is 0. The molecule has 2 amide bonds. The summed E-state index contributed by atoms with van der Waals surface area (Å²) < 4.78 is 0. The molecule has 0 radical (unpaired) electrons. The van der Waals surface area contributed by atoms with Crippen molar-refractivity contribution in [1.29, 1.82) is 0 Å². The number of benzene rings is 1. The molecule has 0 bridgehead atoms. The van der Waals surface area contributed by atoms with Gasteiger partial charge in [0.2, 0.25) is 11.8 Å². The molecule has 0 saturated carbocycles. The van der Waals surface area contributed by atoms with E-state index in [1.807, 2.05) is 0 Å². The van der Waals surface area contributed by atoms with Gasteiger partial charge in [0, 0.05) is 23.3 Å². The fourth-order valence-electron chi connectivity index (χ4n) is 1.41. The van der Waals surface area contributed by atoms with Gasteiger partial charge in [0.1, 0.15) is 0 Å². The molecule has 0 atom stereocenters. The maximum absolute atomic E-state index is 11.9. The average Bonchev–Trinajstić information content (AvgIpc) is 2.42. The van der Waals surface area contributed by atoms with E-state index in [9.17, 15) is 19.2 Å². The first-order valence-electron chi connectivity index (χ1n) is 5.54. The van der Waals surface area contributed by atoms with E-state index < -0.39 is 23.4 Å². The van der Waals surface area contributed by atoms with Gasteiger partial charge in [0.15, 0.2) is 11.6 Å². The highest BCUT2D eigenvalue weighted by Crippen LogP contribution is 2.12. The summed E-state index contributed by atoms with van der Waals surface area (Å²) in [6, 6.07) is 6.00. The second kappa shape index (κ2) is 6.79. The summed E-state index contributed by atoms with van der Waals surface area (Å²) in [5.41, 5.74) is 9.98. The molecule has 1 rings (SSSR count). The lowest BCUT2D eigenvalue weighted by molar-refractivity contribution is -0.114. The highest BCUT2D eigenvalue weighted by molar-refractivity contribution is 6.17. The highest BCUT2D eigenvalue weighted by Gasteiger charge is 2.13. The number of hydrogen-bond donors (Lipinski definition) is 2. The summed E-state index contributed by atoms with van der Waals surface area (Å²) in [7, 11) is 0. The molecule has 20 heavy (non-hydrogen) atoms. The van der Waals surface area contributed by atoms with Gasteiger partial charge in [0.25, 0.3) is 0 Å². The van der Waals surface area contributed by atoms with Gasteiger partial charge in [-0.2, -0.15) is 0 Å². The van der Waals surface area contributed by atoms with E-state index in [1.165, 1.54) is 12.1 Å². The van der Waals surface area contributed by atoms with Crippen LogP contribution in [0.4, 0.5) is 0 Å². The molecule has 6 nitrogen and oxygen atoms in total. The number of carbonyl (C=O) groups is 4. The second-order valence-corrected chi connectivity index (χ2v) is 3.75. The molecule has 1 aromatic carbocycles. The second-order valence-electron chi connectivity index (χ2n) is 3.75. The van der Waals surface area contributed by atoms with Crippen LogP contribution in [0.1, 0.15) is 20.7 Å². The Hall–Kier alpha value is -3.02. The number of ketones is 2. The Morgan fingerprint density at radius 3 is 1.35 bits per heavy atom. The van der Waals surface area contributed by atoms with Crippen molar-refractivity contribution in [3.63, 3.8) is 0 Å². The van der Waals surface area contributed by atoms with Gasteiger partial charge < -0.3 is 11.5 Å². The average molecular weight is 272 g/mol. The Balaban J connectivity index is 3.11. The van der Waals surface area contributed by atoms with Gasteiger partial charge >= 0.3 is 0 Å². The molecule has 4 N–H and O–H groups in total. The minimum Gasteiger partial charge on any atom is -0.366 e. The van der Waals surface area contributed by atoms with Crippen LogP contribution in [0.15, 0.2) is 48.6 Å². The molecule has 0 fully saturated rings. The third-order valence-electron chi connectivity index (χ3n) is 2.26. The first-order valence-corrected chi connectivity index (χ1v) is 5.54. The molecule has 0 spiro atoms. The van der Waals surface area contributed by atoms with Crippen LogP contribution in [0.5, 0.6) is 0 Å². The number of hydrogen-bond acceptors (Lipinski definition) is 4. The smallest absolute Gasteiger partial charge is 0.241 e. The summed E-state index contributed by atoms with van der Waals surface area (Å²) >= 11 is 0. The van der Waals surface area contributed by atoms with E-state index in [0.717, 1.165) is 24.3 Å². The van der Waals surface area contributed by atoms with E-state index in [4.69, 9.17) is 11.5 Å². The minimum atomic E-state index is -0.768. The normalized spacial score (nSPS) is 10.8. The molecule has 0 unspecified atom stereocenters. The zero-order valence-electron chi connectivity index (χ0n) is 10.4. The Bertz CT molecular complexity index is 575. The molecular weight excluding hydrogens is 260 g/mol. The lowest BCUT2D eigenvalue weighted by Crippen LogP contribution is -2.10.